The Balaban J connectivity index is 2.24. The summed E-state index contributed by atoms with van der Waals surface area (Å²) in [6.07, 6.45) is 8.19. The third-order valence-corrected chi connectivity index (χ3v) is 8.88. The monoisotopic (exact) mass is 645 g/mol. The first-order valence-corrected chi connectivity index (χ1v) is 17.7. The van der Waals surface area contributed by atoms with E-state index in [2.05, 4.69) is 22.9 Å². The van der Waals surface area contributed by atoms with Crippen LogP contribution in [0.15, 0.2) is 30.3 Å². The lowest BCUT2D eigenvalue weighted by Gasteiger charge is -2.35. The Bertz CT molecular complexity index is 1040. The number of ether oxygens (including phenoxy) is 1. The predicted molar refractivity (Wildman–Crippen MR) is 183 cm³/mol. The van der Waals surface area contributed by atoms with Gasteiger partial charge >= 0.3 is 6.09 Å². The zero-order valence-electron chi connectivity index (χ0n) is 29.5. The summed E-state index contributed by atoms with van der Waals surface area (Å²) in [6.45, 7) is 13.3. The van der Waals surface area contributed by atoms with Gasteiger partial charge in [0.05, 0.1) is 18.2 Å². The molecule has 1 saturated carbocycles. The highest BCUT2D eigenvalue weighted by Gasteiger charge is 2.33. The molecular weight excluding hydrogens is 582 g/mol. The molecule has 0 heterocycles. The van der Waals surface area contributed by atoms with Crippen molar-refractivity contribution < 1.29 is 29.3 Å². The molecule has 1 aromatic rings. The van der Waals surface area contributed by atoms with Gasteiger partial charge in [-0.1, -0.05) is 103 Å². The molecule has 9 nitrogen and oxygen atoms in total. The molecule has 1 aliphatic rings. The van der Waals surface area contributed by atoms with E-state index in [0.29, 0.717) is 25.2 Å². The second-order valence-electron chi connectivity index (χ2n) is 14.9. The third kappa shape index (κ3) is 15.4. The number of hydrogen-bond acceptors (Lipinski definition) is 7. The summed E-state index contributed by atoms with van der Waals surface area (Å²) in [5.74, 6) is -0.611. The maximum Gasteiger partial charge on any atom is 0.408 e. The summed E-state index contributed by atoms with van der Waals surface area (Å²) >= 11 is 0. The fourth-order valence-corrected chi connectivity index (χ4v) is 6.30. The van der Waals surface area contributed by atoms with Crippen molar-refractivity contribution in [3.63, 3.8) is 0 Å². The van der Waals surface area contributed by atoms with Crippen molar-refractivity contribution in [2.24, 2.45) is 17.8 Å². The molecular formula is C37H63N3O6. The number of aliphatic hydroxyl groups is 2. The van der Waals surface area contributed by atoms with E-state index in [1.54, 1.807) is 20.8 Å². The van der Waals surface area contributed by atoms with Gasteiger partial charge in [-0.15, -0.1) is 0 Å². The quantitative estimate of drug-likeness (QED) is 0.131. The van der Waals surface area contributed by atoms with Gasteiger partial charge in [-0.3, -0.25) is 14.9 Å². The summed E-state index contributed by atoms with van der Waals surface area (Å²) < 4.78 is 5.41. The number of benzene rings is 1. The van der Waals surface area contributed by atoms with Gasteiger partial charge in [0.15, 0.2) is 0 Å². The Morgan fingerprint density at radius 2 is 1.54 bits per heavy atom. The molecule has 0 aliphatic heterocycles. The van der Waals surface area contributed by atoms with Crippen LogP contribution in [0.4, 0.5) is 4.79 Å². The van der Waals surface area contributed by atoms with Gasteiger partial charge in [0, 0.05) is 12.5 Å². The van der Waals surface area contributed by atoms with E-state index in [9.17, 15) is 24.6 Å². The molecule has 0 saturated heterocycles. The number of carbonyl (C=O) groups is 3. The van der Waals surface area contributed by atoms with Crippen LogP contribution in [-0.2, 0) is 20.7 Å². The molecule has 9 heteroatoms. The van der Waals surface area contributed by atoms with Crippen LogP contribution >= 0.6 is 0 Å². The number of alkyl carbamates (subject to hydrolysis) is 1. The van der Waals surface area contributed by atoms with E-state index in [1.165, 1.54) is 6.42 Å². The van der Waals surface area contributed by atoms with Gasteiger partial charge in [0.2, 0.25) is 11.8 Å². The number of imide groups is 1. The standard InChI is InChI=1S/C37H63N3O6/c1-8-9-20-32(41)26(4)22-33(42)29(23-27-16-12-10-13-17-27)38-30(21-25(2)3)34(43)40-35(44)31(24-28-18-14-11-15-19-28)39-36(45)46-37(5,6)7/h11,14-15,18-19,25-27,29-33,38,41-42H,8-10,12-13,16-17,20-24H2,1-7H3,(H,39,45)(H,40,43,44)/t26-,29+,30+,31+,32?,33+/m1/s1. The molecule has 46 heavy (non-hydrogen) atoms. The van der Waals surface area contributed by atoms with Crippen LogP contribution in [0.25, 0.3) is 0 Å². The minimum atomic E-state index is -1.03. The van der Waals surface area contributed by atoms with Gasteiger partial charge in [0.25, 0.3) is 0 Å². The average Bonchev–Trinajstić information content (AvgIpc) is 2.98. The second-order valence-corrected chi connectivity index (χ2v) is 14.9. The Morgan fingerprint density at radius 3 is 2.13 bits per heavy atom. The zero-order valence-corrected chi connectivity index (χ0v) is 29.5. The Morgan fingerprint density at radius 1 is 0.913 bits per heavy atom. The molecule has 1 fully saturated rings. The van der Waals surface area contributed by atoms with Crippen LogP contribution in [0.1, 0.15) is 125 Å². The molecule has 0 spiro atoms. The normalized spacial score (nSPS) is 18.2. The molecule has 5 N–H and O–H groups in total. The highest BCUT2D eigenvalue weighted by atomic mass is 16.6. The van der Waals surface area contributed by atoms with Crippen molar-refractivity contribution in [1.29, 1.82) is 0 Å². The number of nitrogens with one attached hydrogen (secondary N) is 3. The van der Waals surface area contributed by atoms with Crippen LogP contribution in [0.5, 0.6) is 0 Å². The smallest absolute Gasteiger partial charge is 0.408 e. The van der Waals surface area contributed by atoms with Gasteiger partial charge in [0.1, 0.15) is 11.6 Å². The average molecular weight is 646 g/mol. The van der Waals surface area contributed by atoms with Crippen molar-refractivity contribution in [1.82, 2.24) is 16.0 Å². The molecule has 0 radical (unpaired) electrons. The summed E-state index contributed by atoms with van der Waals surface area (Å²) in [5, 5.41) is 30.9. The maximum absolute atomic E-state index is 13.8. The third-order valence-electron chi connectivity index (χ3n) is 8.88. The first-order chi connectivity index (χ1) is 21.7. The highest BCUT2D eigenvalue weighted by Crippen LogP contribution is 2.30. The molecule has 262 valence electrons. The van der Waals surface area contributed by atoms with E-state index in [-0.39, 0.29) is 24.3 Å². The van der Waals surface area contributed by atoms with Crippen LogP contribution in [-0.4, -0.2) is 64.1 Å². The van der Waals surface area contributed by atoms with Gasteiger partial charge in [-0.05, 0) is 69.8 Å². The molecule has 1 aliphatic carbocycles. The number of hydrogen-bond donors (Lipinski definition) is 5. The van der Waals surface area contributed by atoms with Gasteiger partial charge < -0.3 is 25.6 Å². The molecule has 1 unspecified atom stereocenters. The molecule has 0 aromatic heterocycles. The minimum absolute atomic E-state index is 0.0890. The maximum atomic E-state index is 13.8. The summed E-state index contributed by atoms with van der Waals surface area (Å²) in [6, 6.07) is 7.17. The molecule has 6 atom stereocenters. The minimum Gasteiger partial charge on any atom is -0.444 e. The number of amides is 3. The lowest BCUT2D eigenvalue weighted by molar-refractivity contribution is -0.133. The number of aliphatic hydroxyl groups excluding tert-OH is 2. The van der Waals surface area contributed by atoms with E-state index < -0.39 is 47.8 Å². The zero-order chi connectivity index (χ0) is 34.3. The van der Waals surface area contributed by atoms with E-state index in [0.717, 1.165) is 50.5 Å². The highest BCUT2D eigenvalue weighted by molar-refractivity contribution is 6.01. The van der Waals surface area contributed by atoms with Crippen LogP contribution in [0.2, 0.25) is 0 Å². The van der Waals surface area contributed by atoms with Gasteiger partial charge in [-0.25, -0.2) is 4.79 Å². The largest absolute Gasteiger partial charge is 0.444 e. The molecule has 2 rings (SSSR count). The molecule has 0 bridgehead atoms. The predicted octanol–water partition coefficient (Wildman–Crippen LogP) is 6.05. The van der Waals surface area contributed by atoms with E-state index >= 15 is 0 Å². The molecule has 1 aromatic carbocycles. The fourth-order valence-electron chi connectivity index (χ4n) is 6.30. The van der Waals surface area contributed by atoms with Crippen LogP contribution < -0.4 is 16.0 Å². The summed E-state index contributed by atoms with van der Waals surface area (Å²) in [7, 11) is 0. The van der Waals surface area contributed by atoms with E-state index in [4.69, 9.17) is 4.74 Å². The van der Waals surface area contributed by atoms with Crippen molar-refractivity contribution >= 4 is 17.9 Å². The second kappa shape index (κ2) is 20.0. The number of unbranched alkanes of at least 4 members (excludes halogenated alkanes) is 1. The summed E-state index contributed by atoms with van der Waals surface area (Å²) in [4.78, 5) is 40.1. The van der Waals surface area contributed by atoms with Crippen molar-refractivity contribution in [3.05, 3.63) is 35.9 Å². The van der Waals surface area contributed by atoms with E-state index in [1.807, 2.05) is 51.1 Å². The van der Waals surface area contributed by atoms with Crippen molar-refractivity contribution in [2.75, 3.05) is 0 Å². The number of rotatable bonds is 18. The first kappa shape index (κ1) is 39.7. The number of carbonyl (C=O) groups excluding carboxylic acids is 3. The SMILES string of the molecule is CCCCC(O)[C@H](C)C[C@H](O)[C@H](CC1CCCCC1)N[C@@H](CC(C)C)C(=O)NC(=O)[C@H](Cc1ccccc1)NC(=O)OC(C)(C)C. The topological polar surface area (TPSA) is 137 Å². The van der Waals surface area contributed by atoms with Crippen molar-refractivity contribution in [3.8, 4) is 0 Å². The van der Waals surface area contributed by atoms with Crippen LogP contribution in [0.3, 0.4) is 0 Å². The Labute approximate surface area is 278 Å². The lowest BCUT2D eigenvalue weighted by Crippen LogP contribution is -2.57. The Hall–Kier alpha value is -2.49. The first-order valence-electron chi connectivity index (χ1n) is 17.7. The fraction of sp³-hybridized carbons (Fsp3) is 0.757. The lowest BCUT2D eigenvalue weighted by atomic mass is 9.81. The van der Waals surface area contributed by atoms with Crippen LogP contribution in [0, 0.1) is 17.8 Å². The van der Waals surface area contributed by atoms with Crippen molar-refractivity contribution in [2.45, 2.75) is 161 Å². The Kier molecular flexibility index (Phi) is 17.3. The molecule has 3 amide bonds. The van der Waals surface area contributed by atoms with Gasteiger partial charge in [-0.2, -0.15) is 0 Å². The summed E-state index contributed by atoms with van der Waals surface area (Å²) in [5.41, 5.74) is 0.0754.